The van der Waals surface area contributed by atoms with E-state index in [1.54, 1.807) is 6.07 Å². The molecule has 0 fully saturated rings. The summed E-state index contributed by atoms with van der Waals surface area (Å²) in [6.07, 6.45) is 0. The van der Waals surface area contributed by atoms with Crippen molar-refractivity contribution in [3.8, 4) is 0 Å². The molecule has 1 aromatic carbocycles. The second-order valence-electron chi connectivity index (χ2n) is 3.43. The fourth-order valence-corrected chi connectivity index (χ4v) is 2.09. The van der Waals surface area contributed by atoms with Crippen LogP contribution in [0.15, 0.2) is 46.3 Å². The van der Waals surface area contributed by atoms with Gasteiger partial charge in [0.15, 0.2) is 5.69 Å². The molecule has 1 aromatic heterocycles. The summed E-state index contributed by atoms with van der Waals surface area (Å²) in [6, 6.07) is 11.0. The third kappa shape index (κ3) is 2.82. The summed E-state index contributed by atoms with van der Waals surface area (Å²) < 4.78 is 0. The molecule has 0 amide bonds. The van der Waals surface area contributed by atoms with Gasteiger partial charge in [0.25, 0.3) is 0 Å². The number of carboxylic acid groups (broad SMARTS) is 1. The Morgan fingerprint density at radius 2 is 1.94 bits per heavy atom. The maximum absolute atomic E-state index is 10.6. The Hall–Kier alpha value is -1.88. The van der Waals surface area contributed by atoms with Crippen LogP contribution in [0.25, 0.3) is 0 Å². The van der Waals surface area contributed by atoms with Gasteiger partial charge in [-0.25, -0.2) is 4.79 Å². The molecule has 0 radical (unpaired) electrons. The molecule has 0 atom stereocenters. The number of aromatic nitrogens is 2. The first kappa shape index (κ1) is 11.6. The minimum atomic E-state index is -1.06. The number of carbonyl (C=O) groups is 1. The fraction of sp³-hybridized carbons (Fsp3) is 0.0833. The molecule has 1 N–H and O–H groups in total. The van der Waals surface area contributed by atoms with Crippen molar-refractivity contribution in [1.29, 1.82) is 0 Å². The Morgan fingerprint density at radius 1 is 1.18 bits per heavy atom. The molecule has 5 heteroatoms. The van der Waals surface area contributed by atoms with Crippen molar-refractivity contribution in [2.75, 3.05) is 0 Å². The van der Waals surface area contributed by atoms with Crippen molar-refractivity contribution >= 4 is 17.7 Å². The molecule has 0 aliphatic rings. The lowest BCUT2D eigenvalue weighted by Crippen LogP contribution is -2.01. The Labute approximate surface area is 103 Å². The smallest absolute Gasteiger partial charge is 0.356 e. The largest absolute Gasteiger partial charge is 0.476 e. The lowest BCUT2D eigenvalue weighted by atomic mass is 10.2. The Bertz CT molecular complexity index is 540. The molecule has 0 aliphatic carbocycles. The van der Waals surface area contributed by atoms with E-state index < -0.39 is 5.97 Å². The summed E-state index contributed by atoms with van der Waals surface area (Å²) in [5, 5.41) is 16.9. The highest BCUT2D eigenvalue weighted by atomic mass is 32.2. The van der Waals surface area contributed by atoms with E-state index in [2.05, 4.69) is 10.2 Å². The fourth-order valence-electron chi connectivity index (χ4n) is 1.27. The highest BCUT2D eigenvalue weighted by molar-refractivity contribution is 7.99. The molecule has 1 heterocycles. The molecule has 4 nitrogen and oxygen atoms in total. The van der Waals surface area contributed by atoms with Gasteiger partial charge in [-0.15, -0.1) is 10.2 Å². The van der Waals surface area contributed by atoms with Crippen molar-refractivity contribution < 1.29 is 9.90 Å². The van der Waals surface area contributed by atoms with Crippen molar-refractivity contribution in [2.24, 2.45) is 0 Å². The van der Waals surface area contributed by atoms with E-state index in [1.807, 2.05) is 31.2 Å². The predicted octanol–water partition coefficient (Wildman–Crippen LogP) is 2.63. The number of hydrogen-bond donors (Lipinski definition) is 1. The number of aromatic carboxylic acids is 1. The molecule has 2 aromatic rings. The quantitative estimate of drug-likeness (QED) is 0.902. The number of hydrogen-bond acceptors (Lipinski definition) is 4. The highest BCUT2D eigenvalue weighted by Gasteiger charge is 2.06. The third-order valence-corrected chi connectivity index (χ3v) is 3.27. The van der Waals surface area contributed by atoms with Crippen LogP contribution in [0.5, 0.6) is 0 Å². The first-order valence-corrected chi connectivity index (χ1v) is 5.79. The van der Waals surface area contributed by atoms with Crippen molar-refractivity contribution in [2.45, 2.75) is 16.8 Å². The summed E-state index contributed by atoms with van der Waals surface area (Å²) in [4.78, 5) is 11.7. The normalized spacial score (nSPS) is 10.2. The zero-order valence-electron chi connectivity index (χ0n) is 9.12. The Kier molecular flexibility index (Phi) is 3.39. The van der Waals surface area contributed by atoms with Crippen LogP contribution in [0, 0.1) is 6.92 Å². The van der Waals surface area contributed by atoms with Gasteiger partial charge in [0.2, 0.25) is 0 Å². The molecule has 2 rings (SSSR count). The lowest BCUT2D eigenvalue weighted by molar-refractivity contribution is 0.0689. The zero-order valence-corrected chi connectivity index (χ0v) is 9.94. The van der Waals surface area contributed by atoms with Crippen LogP contribution >= 0.6 is 11.8 Å². The van der Waals surface area contributed by atoms with Crippen LogP contribution in [0.4, 0.5) is 0 Å². The van der Waals surface area contributed by atoms with Gasteiger partial charge >= 0.3 is 5.97 Å². The van der Waals surface area contributed by atoms with E-state index >= 15 is 0 Å². The predicted molar refractivity (Wildman–Crippen MR) is 64.3 cm³/mol. The van der Waals surface area contributed by atoms with E-state index in [9.17, 15) is 4.79 Å². The summed E-state index contributed by atoms with van der Waals surface area (Å²) in [6.45, 7) is 2.02. The van der Waals surface area contributed by atoms with Crippen LogP contribution in [0.2, 0.25) is 0 Å². The number of carboxylic acids is 1. The Morgan fingerprint density at radius 3 is 2.53 bits per heavy atom. The van der Waals surface area contributed by atoms with Crippen molar-refractivity contribution in [3.05, 3.63) is 47.7 Å². The van der Waals surface area contributed by atoms with Gasteiger partial charge in [0, 0.05) is 4.90 Å². The van der Waals surface area contributed by atoms with E-state index in [4.69, 9.17) is 5.11 Å². The summed E-state index contributed by atoms with van der Waals surface area (Å²) in [5.74, 6) is -1.06. The number of aryl methyl sites for hydroxylation is 1. The highest BCUT2D eigenvalue weighted by Crippen LogP contribution is 2.27. The van der Waals surface area contributed by atoms with E-state index in [0.717, 1.165) is 10.5 Å². The topological polar surface area (TPSA) is 63.1 Å². The van der Waals surface area contributed by atoms with Gasteiger partial charge in [-0.1, -0.05) is 30.0 Å². The lowest BCUT2D eigenvalue weighted by Gasteiger charge is -2.03. The molecular formula is C12H10N2O2S. The van der Waals surface area contributed by atoms with E-state index in [1.165, 1.54) is 17.8 Å². The van der Waals surface area contributed by atoms with Crippen LogP contribution in [-0.4, -0.2) is 21.3 Å². The first-order valence-electron chi connectivity index (χ1n) is 4.97. The van der Waals surface area contributed by atoms with Gasteiger partial charge in [-0.2, -0.15) is 0 Å². The van der Waals surface area contributed by atoms with Crippen molar-refractivity contribution in [1.82, 2.24) is 10.2 Å². The van der Waals surface area contributed by atoms with Gasteiger partial charge in [-0.05, 0) is 30.7 Å². The van der Waals surface area contributed by atoms with Gasteiger partial charge in [0.1, 0.15) is 5.03 Å². The molecule has 0 unspecified atom stereocenters. The average molecular weight is 246 g/mol. The van der Waals surface area contributed by atoms with E-state index in [-0.39, 0.29) is 5.69 Å². The molecule has 17 heavy (non-hydrogen) atoms. The Balaban J connectivity index is 2.20. The first-order chi connectivity index (χ1) is 8.16. The van der Waals surface area contributed by atoms with Gasteiger partial charge < -0.3 is 5.11 Å². The second kappa shape index (κ2) is 4.97. The van der Waals surface area contributed by atoms with Crippen molar-refractivity contribution in [3.63, 3.8) is 0 Å². The van der Waals surface area contributed by atoms with Gasteiger partial charge in [-0.3, -0.25) is 0 Å². The molecule has 0 saturated heterocycles. The molecule has 0 spiro atoms. The summed E-state index contributed by atoms with van der Waals surface area (Å²) in [5.41, 5.74) is 1.11. The van der Waals surface area contributed by atoms with Crippen LogP contribution in [0.3, 0.4) is 0 Å². The maximum Gasteiger partial charge on any atom is 0.356 e. The second-order valence-corrected chi connectivity index (χ2v) is 4.49. The zero-order chi connectivity index (χ0) is 12.3. The maximum atomic E-state index is 10.6. The molecule has 0 bridgehead atoms. The molecule has 0 aliphatic heterocycles. The SMILES string of the molecule is Cc1ccccc1Sc1ccc(C(=O)O)nn1. The molecular weight excluding hydrogens is 236 g/mol. The van der Waals surface area contributed by atoms with Crippen LogP contribution in [0.1, 0.15) is 16.1 Å². The van der Waals surface area contributed by atoms with E-state index in [0.29, 0.717) is 5.03 Å². The number of nitrogens with zero attached hydrogens (tertiary/aromatic N) is 2. The monoisotopic (exact) mass is 246 g/mol. The number of rotatable bonds is 3. The van der Waals surface area contributed by atoms with Gasteiger partial charge in [0.05, 0.1) is 0 Å². The molecule has 86 valence electrons. The molecule has 0 saturated carbocycles. The standard InChI is InChI=1S/C12H10N2O2S/c1-8-4-2-3-5-10(8)17-11-7-6-9(12(15)16)13-14-11/h2-7H,1H3,(H,15,16). The average Bonchev–Trinajstić information content (AvgIpc) is 2.33. The van der Waals surface area contributed by atoms with Crippen LogP contribution < -0.4 is 0 Å². The summed E-state index contributed by atoms with van der Waals surface area (Å²) >= 11 is 1.47. The summed E-state index contributed by atoms with van der Waals surface area (Å²) in [7, 11) is 0. The minimum Gasteiger partial charge on any atom is -0.476 e. The number of benzene rings is 1. The minimum absolute atomic E-state index is 0.0425. The third-order valence-electron chi connectivity index (χ3n) is 2.17. The van der Waals surface area contributed by atoms with Crippen LogP contribution in [-0.2, 0) is 0 Å².